The molecular formula is C17H18N6O3. The number of hydrogen-bond donors (Lipinski definition) is 3. The van der Waals surface area contributed by atoms with Crippen molar-refractivity contribution in [3.63, 3.8) is 0 Å². The van der Waals surface area contributed by atoms with Crippen molar-refractivity contribution in [3.8, 4) is 0 Å². The second-order valence-corrected chi connectivity index (χ2v) is 5.56. The first-order valence-corrected chi connectivity index (χ1v) is 8.12. The standard InChI is InChI=1S/C17H18N6O3/c24-14(18-9-10-21-16-19-7-4-8-20-16)11-13-15(25)23(17(26)22-13)12-5-2-1-3-6-12/h1-8,13H,9-11H2,(H,18,24)(H,22,26)(H,19,20,21)/t13-/m1/s1. The molecule has 26 heavy (non-hydrogen) atoms. The highest BCUT2D eigenvalue weighted by Crippen LogP contribution is 2.19. The summed E-state index contributed by atoms with van der Waals surface area (Å²) in [5, 5.41) is 8.19. The number of carbonyl (C=O) groups is 3. The quantitative estimate of drug-likeness (QED) is 0.493. The highest BCUT2D eigenvalue weighted by molar-refractivity contribution is 6.22. The number of hydrogen-bond acceptors (Lipinski definition) is 6. The summed E-state index contributed by atoms with van der Waals surface area (Å²) in [6.07, 6.45) is 3.11. The Labute approximate surface area is 149 Å². The molecule has 3 rings (SSSR count). The predicted octanol–water partition coefficient (Wildman–Crippen LogP) is 0.520. The fourth-order valence-electron chi connectivity index (χ4n) is 2.52. The Morgan fingerprint density at radius 3 is 2.54 bits per heavy atom. The molecule has 0 spiro atoms. The zero-order valence-electron chi connectivity index (χ0n) is 13.9. The van der Waals surface area contributed by atoms with Crippen molar-refractivity contribution < 1.29 is 14.4 Å². The first-order chi connectivity index (χ1) is 12.6. The van der Waals surface area contributed by atoms with Gasteiger partial charge in [-0.05, 0) is 18.2 Å². The van der Waals surface area contributed by atoms with Crippen molar-refractivity contribution in [1.82, 2.24) is 20.6 Å². The fourth-order valence-corrected chi connectivity index (χ4v) is 2.52. The SMILES string of the molecule is O=C(C[C@H]1NC(=O)N(c2ccccc2)C1=O)NCCNc1ncccn1. The van der Waals surface area contributed by atoms with E-state index in [-0.39, 0.29) is 12.3 Å². The van der Waals surface area contributed by atoms with Crippen LogP contribution in [0.15, 0.2) is 48.8 Å². The average molecular weight is 354 g/mol. The van der Waals surface area contributed by atoms with E-state index in [1.165, 1.54) is 0 Å². The van der Waals surface area contributed by atoms with E-state index in [9.17, 15) is 14.4 Å². The number of carbonyl (C=O) groups excluding carboxylic acids is 3. The van der Waals surface area contributed by atoms with Gasteiger partial charge in [-0.3, -0.25) is 9.59 Å². The number of amides is 4. The van der Waals surface area contributed by atoms with E-state index in [0.717, 1.165) is 4.90 Å². The van der Waals surface area contributed by atoms with Crippen LogP contribution in [0.3, 0.4) is 0 Å². The number of imide groups is 1. The molecular weight excluding hydrogens is 336 g/mol. The van der Waals surface area contributed by atoms with Gasteiger partial charge in [-0.25, -0.2) is 19.7 Å². The summed E-state index contributed by atoms with van der Waals surface area (Å²) in [4.78, 5) is 45.5. The van der Waals surface area contributed by atoms with E-state index in [1.54, 1.807) is 48.8 Å². The molecule has 9 heteroatoms. The molecule has 1 aromatic heterocycles. The highest BCUT2D eigenvalue weighted by Gasteiger charge is 2.39. The molecule has 4 amide bonds. The van der Waals surface area contributed by atoms with Gasteiger partial charge >= 0.3 is 6.03 Å². The van der Waals surface area contributed by atoms with Crippen LogP contribution in [-0.4, -0.2) is 46.9 Å². The molecule has 3 N–H and O–H groups in total. The Bertz CT molecular complexity index is 784. The Kier molecular flexibility index (Phi) is 5.37. The van der Waals surface area contributed by atoms with E-state index in [0.29, 0.717) is 24.7 Å². The van der Waals surface area contributed by atoms with Crippen LogP contribution < -0.4 is 20.9 Å². The number of anilines is 2. The molecule has 2 aromatic rings. The minimum atomic E-state index is -0.867. The third-order valence-corrected chi connectivity index (χ3v) is 3.72. The van der Waals surface area contributed by atoms with Crippen LogP contribution in [0.25, 0.3) is 0 Å². The van der Waals surface area contributed by atoms with Crippen LogP contribution in [0.4, 0.5) is 16.4 Å². The third kappa shape index (κ3) is 4.12. The van der Waals surface area contributed by atoms with Gasteiger partial charge in [-0.15, -0.1) is 0 Å². The molecule has 9 nitrogen and oxygen atoms in total. The number of urea groups is 1. The Balaban J connectivity index is 1.46. The van der Waals surface area contributed by atoms with Crippen molar-refractivity contribution in [2.24, 2.45) is 0 Å². The van der Waals surface area contributed by atoms with E-state index in [2.05, 4.69) is 25.9 Å². The molecule has 1 aliphatic heterocycles. The van der Waals surface area contributed by atoms with Gasteiger partial charge in [0.05, 0.1) is 12.1 Å². The van der Waals surface area contributed by atoms with Crippen LogP contribution in [0.5, 0.6) is 0 Å². The molecule has 1 aliphatic rings. The summed E-state index contributed by atoms with van der Waals surface area (Å²) in [6, 6.07) is 8.91. The number of aromatic nitrogens is 2. The van der Waals surface area contributed by atoms with E-state index in [4.69, 9.17) is 0 Å². The lowest BCUT2D eigenvalue weighted by molar-refractivity contribution is -0.125. The normalized spacial score (nSPS) is 16.3. The van der Waals surface area contributed by atoms with Gasteiger partial charge in [-0.1, -0.05) is 18.2 Å². The Hall–Kier alpha value is -3.49. The van der Waals surface area contributed by atoms with E-state index in [1.807, 2.05) is 0 Å². The summed E-state index contributed by atoms with van der Waals surface area (Å²) in [7, 11) is 0. The Morgan fingerprint density at radius 1 is 1.08 bits per heavy atom. The lowest BCUT2D eigenvalue weighted by atomic mass is 10.2. The zero-order valence-corrected chi connectivity index (χ0v) is 13.9. The molecule has 1 saturated heterocycles. The summed E-state index contributed by atoms with van der Waals surface area (Å²) < 4.78 is 0. The van der Waals surface area contributed by atoms with E-state index < -0.39 is 18.0 Å². The molecule has 0 unspecified atom stereocenters. The topological polar surface area (TPSA) is 116 Å². The molecule has 134 valence electrons. The fraction of sp³-hybridized carbons (Fsp3) is 0.235. The van der Waals surface area contributed by atoms with Gasteiger partial charge in [0.15, 0.2) is 0 Å². The number of nitrogens with zero attached hydrogens (tertiary/aromatic N) is 3. The first-order valence-electron chi connectivity index (χ1n) is 8.12. The van der Waals surface area contributed by atoms with Gasteiger partial charge in [0, 0.05) is 25.5 Å². The Morgan fingerprint density at radius 2 is 1.81 bits per heavy atom. The van der Waals surface area contributed by atoms with Crippen molar-refractivity contribution in [2.75, 3.05) is 23.3 Å². The van der Waals surface area contributed by atoms with Crippen molar-refractivity contribution in [3.05, 3.63) is 48.8 Å². The minimum Gasteiger partial charge on any atom is -0.354 e. The molecule has 1 aromatic carbocycles. The largest absolute Gasteiger partial charge is 0.354 e. The number of nitrogens with one attached hydrogen (secondary N) is 3. The summed E-state index contributed by atoms with van der Waals surface area (Å²) in [5.41, 5.74) is 0.477. The molecule has 0 bridgehead atoms. The zero-order chi connectivity index (χ0) is 18.4. The van der Waals surface area contributed by atoms with Gasteiger partial charge in [0.25, 0.3) is 5.91 Å². The van der Waals surface area contributed by atoms with E-state index >= 15 is 0 Å². The first kappa shape index (κ1) is 17.3. The van der Waals surface area contributed by atoms with Crippen LogP contribution in [-0.2, 0) is 9.59 Å². The molecule has 2 heterocycles. The maximum atomic E-state index is 12.4. The number of para-hydroxylation sites is 1. The summed E-state index contributed by atoms with van der Waals surface area (Å²) in [5.74, 6) is -0.292. The molecule has 1 fully saturated rings. The monoisotopic (exact) mass is 354 g/mol. The summed E-state index contributed by atoms with van der Waals surface area (Å²) in [6.45, 7) is 0.783. The maximum absolute atomic E-state index is 12.4. The van der Waals surface area contributed by atoms with Crippen molar-refractivity contribution >= 4 is 29.5 Å². The second kappa shape index (κ2) is 8.06. The number of rotatable bonds is 7. The lowest BCUT2D eigenvalue weighted by Crippen LogP contribution is -2.38. The van der Waals surface area contributed by atoms with Crippen LogP contribution in [0.1, 0.15) is 6.42 Å². The summed E-state index contributed by atoms with van der Waals surface area (Å²) >= 11 is 0. The van der Waals surface area contributed by atoms with Gasteiger partial charge in [0.1, 0.15) is 6.04 Å². The van der Waals surface area contributed by atoms with Crippen LogP contribution in [0, 0.1) is 0 Å². The maximum Gasteiger partial charge on any atom is 0.329 e. The van der Waals surface area contributed by atoms with Crippen LogP contribution in [0.2, 0.25) is 0 Å². The van der Waals surface area contributed by atoms with Gasteiger partial charge < -0.3 is 16.0 Å². The molecule has 1 atom stereocenters. The van der Waals surface area contributed by atoms with Gasteiger partial charge in [-0.2, -0.15) is 0 Å². The highest BCUT2D eigenvalue weighted by atomic mass is 16.2. The number of benzene rings is 1. The molecule has 0 radical (unpaired) electrons. The third-order valence-electron chi connectivity index (χ3n) is 3.72. The van der Waals surface area contributed by atoms with Gasteiger partial charge in [0.2, 0.25) is 11.9 Å². The van der Waals surface area contributed by atoms with Crippen LogP contribution >= 0.6 is 0 Å². The minimum absolute atomic E-state index is 0.115. The predicted molar refractivity (Wildman–Crippen MR) is 94.4 cm³/mol. The average Bonchev–Trinajstić information content (AvgIpc) is 2.93. The lowest BCUT2D eigenvalue weighted by Gasteiger charge is -2.12. The van der Waals surface area contributed by atoms with Crippen molar-refractivity contribution in [1.29, 1.82) is 0 Å². The second-order valence-electron chi connectivity index (χ2n) is 5.56. The molecule has 0 saturated carbocycles. The smallest absolute Gasteiger partial charge is 0.329 e. The molecule has 0 aliphatic carbocycles. The van der Waals surface area contributed by atoms with Crippen molar-refractivity contribution in [2.45, 2.75) is 12.5 Å².